The van der Waals surface area contributed by atoms with Crippen molar-refractivity contribution in [3.8, 4) is 22.3 Å². The van der Waals surface area contributed by atoms with Gasteiger partial charge in [-0.3, -0.25) is 23.5 Å². The van der Waals surface area contributed by atoms with Crippen LogP contribution in [0, 0.1) is 0 Å². The minimum Gasteiger partial charge on any atom is -0.463 e. The second-order valence-corrected chi connectivity index (χ2v) is 15.4. The fourth-order valence-electron chi connectivity index (χ4n) is 7.52. The maximum atomic E-state index is 12.9. The molecule has 15 heteroatoms. The summed E-state index contributed by atoms with van der Waals surface area (Å²) in [4.78, 5) is 54.9. The van der Waals surface area contributed by atoms with Crippen molar-refractivity contribution in [2.45, 2.75) is 82.6 Å². The lowest BCUT2D eigenvalue weighted by Gasteiger charge is -2.28. The quantitative estimate of drug-likeness (QED) is 0.139. The first-order valence-electron chi connectivity index (χ1n) is 19.1. The molecule has 8 rings (SSSR count). The molecule has 0 amide bonds. The van der Waals surface area contributed by atoms with Crippen LogP contribution in [0.2, 0.25) is 10.0 Å². The first-order valence-corrected chi connectivity index (χ1v) is 19.8. The Labute approximate surface area is 339 Å². The highest BCUT2D eigenvalue weighted by Crippen LogP contribution is 2.29. The lowest BCUT2D eigenvalue weighted by atomic mass is 9.93. The van der Waals surface area contributed by atoms with Gasteiger partial charge in [0.05, 0.1) is 6.10 Å². The van der Waals surface area contributed by atoms with Gasteiger partial charge in [0, 0.05) is 88.6 Å². The second-order valence-electron chi connectivity index (χ2n) is 14.6. The number of aliphatic hydroxyl groups is 1. The molecule has 2 saturated carbocycles. The highest BCUT2D eigenvalue weighted by atomic mass is 35.5. The number of benzene rings is 2. The molecule has 0 unspecified atom stereocenters. The molecule has 0 atom stereocenters. The third-order valence-corrected chi connectivity index (χ3v) is 11.3. The number of aryl methyl sites for hydroxylation is 2. The number of halogens is 2. The number of pyridine rings is 2. The Morgan fingerprint density at radius 1 is 0.684 bits per heavy atom. The molecule has 0 bridgehead atoms. The fraction of sp³-hybridized carbons (Fsp3) is 0.357. The van der Waals surface area contributed by atoms with E-state index in [1.54, 1.807) is 50.8 Å². The molecule has 4 heterocycles. The molecule has 13 nitrogen and oxygen atoms in total. The summed E-state index contributed by atoms with van der Waals surface area (Å²) >= 11 is 12.6. The zero-order valence-electron chi connectivity index (χ0n) is 31.9. The second kappa shape index (κ2) is 17.4. The summed E-state index contributed by atoms with van der Waals surface area (Å²) in [6.45, 7) is 1.44. The number of aromatic nitrogens is 6. The third kappa shape index (κ3) is 9.11. The van der Waals surface area contributed by atoms with Crippen LogP contribution in [0.4, 0.5) is 11.9 Å². The van der Waals surface area contributed by atoms with E-state index < -0.39 is 0 Å². The van der Waals surface area contributed by atoms with E-state index in [9.17, 15) is 19.5 Å². The Morgan fingerprint density at radius 2 is 1.11 bits per heavy atom. The molecular formula is C42H44Cl2N8O5. The first-order chi connectivity index (χ1) is 27.4. The number of hydrogen-bond donors (Lipinski definition) is 3. The number of anilines is 2. The molecule has 0 spiro atoms. The van der Waals surface area contributed by atoms with Crippen molar-refractivity contribution in [2.24, 2.45) is 14.1 Å². The Balaban J connectivity index is 0.000000175. The average Bonchev–Trinajstić information content (AvgIpc) is 3.20. The van der Waals surface area contributed by atoms with Gasteiger partial charge in [0.25, 0.3) is 11.1 Å². The molecule has 0 aliphatic heterocycles. The summed E-state index contributed by atoms with van der Waals surface area (Å²) in [5, 5.41) is 18.9. The van der Waals surface area contributed by atoms with Gasteiger partial charge in [-0.1, -0.05) is 59.6 Å². The van der Waals surface area contributed by atoms with Crippen molar-refractivity contribution >= 4 is 63.1 Å². The summed E-state index contributed by atoms with van der Waals surface area (Å²) < 4.78 is 8.35. The number of hydrogen-bond acceptors (Lipinski definition) is 11. The molecule has 57 heavy (non-hydrogen) atoms. The monoisotopic (exact) mass is 810 g/mol. The van der Waals surface area contributed by atoms with E-state index in [4.69, 9.17) is 27.9 Å². The van der Waals surface area contributed by atoms with Gasteiger partial charge in [-0.25, -0.2) is 9.97 Å². The molecule has 3 N–H and O–H groups in total. The topological polar surface area (TPSA) is 166 Å². The predicted molar refractivity (Wildman–Crippen MR) is 224 cm³/mol. The summed E-state index contributed by atoms with van der Waals surface area (Å²) in [7, 11) is 3.41. The molecule has 2 aromatic carbocycles. The van der Waals surface area contributed by atoms with E-state index in [-0.39, 0.29) is 41.4 Å². The van der Waals surface area contributed by atoms with Gasteiger partial charge in [0.2, 0.25) is 11.9 Å². The van der Waals surface area contributed by atoms with Crippen LogP contribution in [0.3, 0.4) is 0 Å². The number of carbonyl (C=O) groups excluding carboxylic acids is 1. The molecule has 6 aromatic rings. The molecule has 0 saturated heterocycles. The maximum Gasteiger partial charge on any atom is 0.302 e. The standard InChI is InChI=1S/C22H23ClN4O3.C20H21ClN4O2/c1-13(28)30-16-9-7-15(8-10-16)25-22-24-12-14-11-18(17-5-3-4-6-19(17)23)21(29)27(2)20(14)26-22;1-25-18-12(10-16(19(25)27)15-4-2-3-5-17(15)21)11-22-20(24-18)23-13-6-8-14(26)9-7-13/h3-6,11-12,15-16H,7-10H2,1-2H3,(H,24,25,26);2-5,10-11,13-14,26H,6-9H2,1H3,(H,22,23,24). The third-order valence-electron chi connectivity index (χ3n) is 10.6. The van der Waals surface area contributed by atoms with Crippen LogP contribution in [-0.4, -0.2) is 64.4 Å². The number of nitrogens with zero attached hydrogens (tertiary/aromatic N) is 6. The van der Waals surface area contributed by atoms with Gasteiger partial charge in [0.15, 0.2) is 0 Å². The lowest BCUT2D eigenvalue weighted by Crippen LogP contribution is -2.31. The van der Waals surface area contributed by atoms with Gasteiger partial charge >= 0.3 is 5.97 Å². The van der Waals surface area contributed by atoms with Gasteiger partial charge in [-0.2, -0.15) is 9.97 Å². The zero-order chi connectivity index (χ0) is 40.2. The number of ether oxygens (including phenoxy) is 1. The molecule has 4 aromatic heterocycles. The van der Waals surface area contributed by atoms with Crippen LogP contribution in [0.5, 0.6) is 0 Å². The first kappa shape index (κ1) is 39.8. The summed E-state index contributed by atoms with van der Waals surface area (Å²) in [5.74, 6) is 0.754. The van der Waals surface area contributed by atoms with Crippen molar-refractivity contribution in [1.29, 1.82) is 0 Å². The van der Waals surface area contributed by atoms with Gasteiger partial charge in [-0.15, -0.1) is 0 Å². The largest absolute Gasteiger partial charge is 0.463 e. The summed E-state index contributed by atoms with van der Waals surface area (Å²) in [6, 6.07) is 18.6. The lowest BCUT2D eigenvalue weighted by molar-refractivity contribution is -0.147. The van der Waals surface area contributed by atoms with E-state index in [1.165, 1.54) is 16.1 Å². The van der Waals surface area contributed by atoms with Gasteiger partial charge in [0.1, 0.15) is 17.4 Å². The van der Waals surface area contributed by atoms with E-state index in [1.807, 2.05) is 36.4 Å². The minimum atomic E-state index is -0.235. The van der Waals surface area contributed by atoms with Crippen LogP contribution >= 0.6 is 23.2 Å². The molecular weight excluding hydrogens is 767 g/mol. The predicted octanol–water partition coefficient (Wildman–Crippen LogP) is 7.30. The van der Waals surface area contributed by atoms with E-state index in [0.29, 0.717) is 55.5 Å². The smallest absolute Gasteiger partial charge is 0.302 e. The molecule has 0 radical (unpaired) electrons. The number of esters is 1. The number of nitrogens with one attached hydrogen (secondary N) is 2. The SMILES string of the molecule is CC(=O)OC1CCC(Nc2ncc3cc(-c4ccccc4Cl)c(=O)n(C)c3n2)CC1.Cn1c(=O)c(-c2ccccc2Cl)cc2cnc(NC3CCC(O)CC3)nc21. The van der Waals surface area contributed by atoms with E-state index in [0.717, 1.165) is 62.1 Å². The normalized spacial score (nSPS) is 19.4. The summed E-state index contributed by atoms with van der Waals surface area (Å²) in [5.41, 5.74) is 3.25. The van der Waals surface area contributed by atoms with Crippen LogP contribution in [0.1, 0.15) is 58.3 Å². The van der Waals surface area contributed by atoms with Gasteiger partial charge in [-0.05, 0) is 75.6 Å². The zero-order valence-corrected chi connectivity index (χ0v) is 33.4. The molecule has 2 fully saturated rings. The van der Waals surface area contributed by atoms with Crippen LogP contribution < -0.4 is 21.8 Å². The highest BCUT2D eigenvalue weighted by molar-refractivity contribution is 6.33. The van der Waals surface area contributed by atoms with Crippen LogP contribution in [-0.2, 0) is 23.6 Å². The van der Waals surface area contributed by atoms with E-state index in [2.05, 4.69) is 30.6 Å². The Hall–Kier alpha value is -5.37. The number of carbonyl (C=O) groups is 1. The van der Waals surface area contributed by atoms with Crippen molar-refractivity contribution < 1.29 is 14.6 Å². The number of fused-ring (bicyclic) bond motifs is 2. The fourth-order valence-corrected chi connectivity index (χ4v) is 8.00. The Bertz CT molecular complexity index is 2550. The minimum absolute atomic E-state index is 0.0119. The van der Waals surface area contributed by atoms with Crippen molar-refractivity contribution in [2.75, 3.05) is 10.6 Å². The average molecular weight is 812 g/mol. The van der Waals surface area contributed by atoms with Crippen molar-refractivity contribution in [3.05, 3.63) is 104 Å². The highest BCUT2D eigenvalue weighted by Gasteiger charge is 2.24. The van der Waals surface area contributed by atoms with E-state index >= 15 is 0 Å². The van der Waals surface area contributed by atoms with Crippen LogP contribution in [0.25, 0.3) is 44.3 Å². The number of aliphatic hydroxyl groups excluding tert-OH is 1. The molecule has 2 aliphatic rings. The van der Waals surface area contributed by atoms with Crippen LogP contribution in [0.15, 0.2) is 82.6 Å². The maximum absolute atomic E-state index is 12.9. The molecule has 2 aliphatic carbocycles. The van der Waals surface area contributed by atoms with Crippen molar-refractivity contribution in [1.82, 2.24) is 29.1 Å². The molecule has 296 valence electrons. The number of rotatable bonds is 7. The summed E-state index contributed by atoms with van der Waals surface area (Å²) in [6.07, 6.45) is 9.90. The Kier molecular flexibility index (Phi) is 12.2. The van der Waals surface area contributed by atoms with Gasteiger partial charge < -0.3 is 20.5 Å². The Morgan fingerprint density at radius 3 is 1.53 bits per heavy atom. The van der Waals surface area contributed by atoms with Crippen molar-refractivity contribution in [3.63, 3.8) is 0 Å².